The standard InChI is InChI=1S/C81H46N2O4/c1-7-19-69-57(13-1)58-14-2-8-20-70(58)81(69)79-55-35-27-49(82(51-29-37-75-65(43-51)59-15-3-9-21-71(59)84-75)52-30-38-76-66(44-52)60-16-4-10-22-72(60)85-76)41-47(55)25-33-63(79)64-34-26-48-42-50(28-36-56(48)80(64)81)83(53-31-39-77-67(45-53)61-17-5-11-23-73(61)86-77)54-32-40-78-68(46-54)62-18-6-12-24-74(62)87-78/h1-46H. The van der Waals surface area contributed by atoms with Crippen LogP contribution in [0, 0.1) is 0 Å². The normalized spacial score (nSPS) is 13.1. The average Bonchev–Trinajstić information content (AvgIpc) is 1.51. The second-order valence-electron chi connectivity index (χ2n) is 23.4. The first-order valence-electron chi connectivity index (χ1n) is 29.7. The lowest BCUT2D eigenvalue weighted by Gasteiger charge is -2.33. The summed E-state index contributed by atoms with van der Waals surface area (Å²) >= 11 is 0. The summed E-state index contributed by atoms with van der Waals surface area (Å²) in [5, 5.41) is 13.4. The van der Waals surface area contributed by atoms with Crippen LogP contribution in [-0.2, 0) is 5.41 Å². The molecule has 4 aromatic heterocycles. The molecule has 0 atom stereocenters. The van der Waals surface area contributed by atoms with Crippen LogP contribution < -0.4 is 9.80 Å². The van der Waals surface area contributed by atoms with E-state index in [4.69, 9.17) is 17.7 Å². The highest BCUT2D eigenvalue weighted by Gasteiger charge is 2.53. The number of anilines is 6. The molecular weight excluding hydrogens is 1060 g/mol. The SMILES string of the molecule is c1ccc2c(c1)-c1ccccc1C21c2c(ccc3cc(N(c4ccc5oc6ccccc6c5c4)c4ccc5oc6ccccc6c5c4)ccc23)-c2ccc3cc(N(c4ccc5oc6ccccc6c5c4)c4ccc5oc6ccccc6c5c4)ccc3c21. The van der Waals surface area contributed by atoms with Crippen molar-refractivity contribution in [2.45, 2.75) is 5.41 Å². The molecule has 20 rings (SSSR count). The third-order valence-corrected chi connectivity index (χ3v) is 19.0. The Morgan fingerprint density at radius 2 is 0.494 bits per heavy atom. The fraction of sp³-hybridized carbons (Fsp3) is 0.0123. The molecule has 87 heavy (non-hydrogen) atoms. The van der Waals surface area contributed by atoms with Gasteiger partial charge in [-0.05, 0) is 187 Å². The maximum Gasteiger partial charge on any atom is 0.135 e. The summed E-state index contributed by atoms with van der Waals surface area (Å²) in [6.45, 7) is 0. The van der Waals surface area contributed by atoms with Gasteiger partial charge in [0, 0.05) is 77.2 Å². The van der Waals surface area contributed by atoms with Gasteiger partial charge in [0.1, 0.15) is 44.7 Å². The van der Waals surface area contributed by atoms with E-state index >= 15 is 0 Å². The van der Waals surface area contributed by atoms with Gasteiger partial charge in [0.25, 0.3) is 0 Å². The van der Waals surface area contributed by atoms with E-state index in [1.165, 1.54) is 55.3 Å². The van der Waals surface area contributed by atoms with Crippen LogP contribution in [0.4, 0.5) is 34.1 Å². The number of para-hydroxylation sites is 4. The first-order valence-corrected chi connectivity index (χ1v) is 29.7. The molecule has 0 bridgehead atoms. The Bertz CT molecular complexity index is 5420. The van der Waals surface area contributed by atoms with E-state index in [-0.39, 0.29) is 0 Å². The summed E-state index contributed by atoms with van der Waals surface area (Å²) < 4.78 is 25.6. The summed E-state index contributed by atoms with van der Waals surface area (Å²) in [6, 6.07) is 101. The van der Waals surface area contributed by atoms with Gasteiger partial charge < -0.3 is 27.5 Å². The topological polar surface area (TPSA) is 59.0 Å². The molecule has 2 aliphatic carbocycles. The van der Waals surface area contributed by atoms with Gasteiger partial charge in [-0.3, -0.25) is 0 Å². The van der Waals surface area contributed by atoms with E-state index in [0.717, 1.165) is 133 Å². The zero-order chi connectivity index (χ0) is 56.6. The van der Waals surface area contributed by atoms with Gasteiger partial charge in [0.05, 0.1) is 5.41 Å². The van der Waals surface area contributed by atoms with Crippen LogP contribution in [0.25, 0.3) is 132 Å². The molecule has 6 nitrogen and oxygen atoms in total. The Labute approximate surface area is 497 Å². The molecule has 0 amide bonds. The molecule has 0 unspecified atom stereocenters. The zero-order valence-corrected chi connectivity index (χ0v) is 46.6. The molecule has 4 heterocycles. The number of nitrogens with zero attached hydrogens (tertiary/aromatic N) is 2. The minimum absolute atomic E-state index is 0.652. The molecule has 1 spiro atoms. The maximum absolute atomic E-state index is 6.40. The van der Waals surface area contributed by atoms with Crippen molar-refractivity contribution in [1.29, 1.82) is 0 Å². The molecule has 0 saturated carbocycles. The number of furan rings is 4. The maximum atomic E-state index is 6.40. The number of hydrogen-bond donors (Lipinski definition) is 0. The van der Waals surface area contributed by atoms with Crippen LogP contribution in [0.3, 0.4) is 0 Å². The first-order chi connectivity index (χ1) is 43.1. The third kappa shape index (κ3) is 6.42. The largest absolute Gasteiger partial charge is 0.456 e. The molecule has 18 aromatic rings. The Hall–Kier alpha value is -11.6. The lowest BCUT2D eigenvalue weighted by atomic mass is 9.68. The Morgan fingerprint density at radius 1 is 0.207 bits per heavy atom. The van der Waals surface area contributed by atoms with Crippen molar-refractivity contribution in [3.8, 4) is 22.3 Å². The van der Waals surface area contributed by atoms with Crippen molar-refractivity contribution >= 4 is 143 Å². The zero-order valence-electron chi connectivity index (χ0n) is 46.6. The van der Waals surface area contributed by atoms with E-state index in [1.807, 2.05) is 48.5 Å². The van der Waals surface area contributed by atoms with Crippen molar-refractivity contribution in [3.05, 3.63) is 301 Å². The Morgan fingerprint density at radius 3 is 0.851 bits per heavy atom. The van der Waals surface area contributed by atoms with Gasteiger partial charge in [0.15, 0.2) is 0 Å². The number of rotatable bonds is 6. The third-order valence-electron chi connectivity index (χ3n) is 19.0. The minimum atomic E-state index is -0.652. The summed E-state index contributed by atoms with van der Waals surface area (Å²) in [5.74, 6) is 0. The van der Waals surface area contributed by atoms with Crippen LogP contribution in [0.15, 0.2) is 297 Å². The first kappa shape index (κ1) is 46.8. The summed E-state index contributed by atoms with van der Waals surface area (Å²) in [6.07, 6.45) is 0. The molecule has 0 aliphatic heterocycles. The van der Waals surface area contributed by atoms with E-state index in [9.17, 15) is 0 Å². The van der Waals surface area contributed by atoms with Crippen molar-refractivity contribution in [1.82, 2.24) is 0 Å². The van der Waals surface area contributed by atoms with Gasteiger partial charge in [-0.1, -0.05) is 158 Å². The van der Waals surface area contributed by atoms with Gasteiger partial charge in [-0.25, -0.2) is 0 Å². The lowest BCUT2D eigenvalue weighted by molar-refractivity contribution is 0.668. The fourth-order valence-electron chi connectivity index (χ4n) is 15.4. The highest BCUT2D eigenvalue weighted by atomic mass is 16.3. The predicted octanol–water partition coefficient (Wildman–Crippen LogP) is 22.9. The van der Waals surface area contributed by atoms with Crippen molar-refractivity contribution in [2.24, 2.45) is 0 Å². The van der Waals surface area contributed by atoms with E-state index in [1.54, 1.807) is 0 Å². The molecule has 2 aliphatic rings. The van der Waals surface area contributed by atoms with E-state index in [0.29, 0.717) is 0 Å². The Balaban J connectivity index is 0.801. The van der Waals surface area contributed by atoms with Crippen molar-refractivity contribution in [3.63, 3.8) is 0 Å². The molecule has 0 saturated heterocycles. The highest BCUT2D eigenvalue weighted by molar-refractivity contribution is 6.14. The predicted molar refractivity (Wildman–Crippen MR) is 356 cm³/mol. The van der Waals surface area contributed by atoms with Crippen LogP contribution in [0.5, 0.6) is 0 Å². The van der Waals surface area contributed by atoms with Crippen molar-refractivity contribution < 1.29 is 17.7 Å². The van der Waals surface area contributed by atoms with Crippen molar-refractivity contribution in [2.75, 3.05) is 9.80 Å². The highest BCUT2D eigenvalue weighted by Crippen LogP contribution is 2.66. The quantitative estimate of drug-likeness (QED) is 0.165. The smallest absolute Gasteiger partial charge is 0.135 e. The summed E-state index contributed by atoms with van der Waals surface area (Å²) in [5.41, 5.74) is 22.7. The lowest BCUT2D eigenvalue weighted by Crippen LogP contribution is -2.26. The summed E-state index contributed by atoms with van der Waals surface area (Å²) in [4.78, 5) is 4.78. The molecule has 0 N–H and O–H groups in total. The second kappa shape index (κ2) is 17.3. The molecule has 0 fully saturated rings. The van der Waals surface area contributed by atoms with Gasteiger partial charge in [0.2, 0.25) is 0 Å². The molecular formula is C81H46N2O4. The number of hydrogen-bond acceptors (Lipinski definition) is 6. The second-order valence-corrected chi connectivity index (χ2v) is 23.4. The van der Waals surface area contributed by atoms with E-state index in [2.05, 4.69) is 240 Å². The van der Waals surface area contributed by atoms with Crippen LogP contribution in [0.2, 0.25) is 0 Å². The number of benzene rings is 14. The average molecular weight is 1110 g/mol. The van der Waals surface area contributed by atoms with Gasteiger partial charge >= 0.3 is 0 Å². The van der Waals surface area contributed by atoms with Gasteiger partial charge in [-0.2, -0.15) is 0 Å². The van der Waals surface area contributed by atoms with Crippen LogP contribution >= 0.6 is 0 Å². The Kier molecular flexibility index (Phi) is 9.29. The summed E-state index contributed by atoms with van der Waals surface area (Å²) in [7, 11) is 0. The molecule has 6 heteroatoms. The molecule has 404 valence electrons. The van der Waals surface area contributed by atoms with Crippen LogP contribution in [0.1, 0.15) is 22.3 Å². The minimum Gasteiger partial charge on any atom is -0.456 e. The van der Waals surface area contributed by atoms with Gasteiger partial charge in [-0.15, -0.1) is 0 Å². The fourth-order valence-corrected chi connectivity index (χ4v) is 15.4. The van der Waals surface area contributed by atoms with E-state index < -0.39 is 5.41 Å². The molecule has 14 aromatic carbocycles. The van der Waals surface area contributed by atoms with Crippen LogP contribution in [-0.4, -0.2) is 0 Å². The number of fused-ring (bicyclic) bond motifs is 26. The monoisotopic (exact) mass is 1110 g/mol. The molecule has 0 radical (unpaired) electrons.